The first kappa shape index (κ1) is 33.6. The van der Waals surface area contributed by atoms with Gasteiger partial charge in [-0.25, -0.2) is 0 Å². The molecule has 0 bridgehead atoms. The molecule has 9 aromatic rings. The molecule has 10 rings (SSSR count). The van der Waals surface area contributed by atoms with Gasteiger partial charge in [-0.2, -0.15) is 0 Å². The number of benzene rings is 9. The van der Waals surface area contributed by atoms with Crippen LogP contribution in [0.3, 0.4) is 0 Å². The van der Waals surface area contributed by atoms with E-state index in [9.17, 15) is 0 Å². The molecular formula is C55H41N. The van der Waals surface area contributed by atoms with E-state index in [1.807, 2.05) is 0 Å². The van der Waals surface area contributed by atoms with Gasteiger partial charge in [-0.05, 0) is 126 Å². The van der Waals surface area contributed by atoms with Gasteiger partial charge >= 0.3 is 0 Å². The highest BCUT2D eigenvalue weighted by atomic mass is 15.1. The van der Waals surface area contributed by atoms with E-state index in [0.717, 1.165) is 17.1 Å². The zero-order chi connectivity index (χ0) is 37.6. The van der Waals surface area contributed by atoms with Crippen LogP contribution in [-0.4, -0.2) is 0 Å². The molecule has 0 unspecified atom stereocenters. The Morgan fingerprint density at radius 2 is 0.750 bits per heavy atom. The summed E-state index contributed by atoms with van der Waals surface area (Å²) in [6, 6.07) is 77.4. The number of hydrogen-bond acceptors (Lipinski definition) is 1. The Hall–Kier alpha value is -6.96. The Labute approximate surface area is 329 Å². The van der Waals surface area contributed by atoms with Gasteiger partial charge in [0.15, 0.2) is 0 Å². The molecule has 0 aromatic heterocycles. The van der Waals surface area contributed by atoms with Crippen LogP contribution in [0.15, 0.2) is 212 Å². The topological polar surface area (TPSA) is 3.24 Å². The van der Waals surface area contributed by atoms with Gasteiger partial charge in [-0.1, -0.05) is 178 Å². The van der Waals surface area contributed by atoms with Crippen LogP contribution in [-0.2, 0) is 5.41 Å². The largest absolute Gasteiger partial charge is 0.311 e. The predicted molar refractivity (Wildman–Crippen MR) is 238 cm³/mol. The molecule has 1 aliphatic rings. The summed E-state index contributed by atoms with van der Waals surface area (Å²) in [6.07, 6.45) is 0. The highest BCUT2D eigenvalue weighted by Crippen LogP contribution is 2.55. The zero-order valence-corrected chi connectivity index (χ0v) is 31.7. The molecule has 0 fully saturated rings. The van der Waals surface area contributed by atoms with Crippen molar-refractivity contribution in [1.82, 2.24) is 0 Å². The fourth-order valence-electron chi connectivity index (χ4n) is 8.85. The van der Waals surface area contributed by atoms with Crippen molar-refractivity contribution >= 4 is 27.8 Å². The van der Waals surface area contributed by atoms with Gasteiger partial charge in [0, 0.05) is 22.5 Å². The molecular weight excluding hydrogens is 675 g/mol. The Bertz CT molecular complexity index is 2740. The minimum Gasteiger partial charge on any atom is -0.311 e. The first-order chi connectivity index (χ1) is 27.5. The Morgan fingerprint density at radius 3 is 1.27 bits per heavy atom. The van der Waals surface area contributed by atoms with Crippen LogP contribution in [0, 0.1) is 0 Å². The standard InChI is InChI=1S/C55H41N/c1-55(2)52-35-28-44(40-18-10-5-11-19-40)36-51(52)53-50(37-45-20-12-13-21-49(45)54(53)55)43-26-33-48(34-27-43)56(46-29-22-41(23-30-46)38-14-6-3-7-15-38)47-31-24-42(25-32-47)39-16-8-4-9-17-39/h3-37H,1-2H3. The van der Waals surface area contributed by atoms with E-state index >= 15 is 0 Å². The van der Waals surface area contributed by atoms with E-state index in [-0.39, 0.29) is 5.41 Å². The predicted octanol–water partition coefficient (Wildman–Crippen LogP) is 15.3. The average molecular weight is 716 g/mol. The van der Waals surface area contributed by atoms with Crippen molar-refractivity contribution in [3.05, 3.63) is 223 Å². The molecule has 0 N–H and O–H groups in total. The third-order valence-corrected chi connectivity index (χ3v) is 11.6. The van der Waals surface area contributed by atoms with Crippen LogP contribution in [0.1, 0.15) is 25.0 Å². The van der Waals surface area contributed by atoms with E-state index in [0.29, 0.717) is 0 Å². The second-order valence-corrected chi connectivity index (χ2v) is 15.4. The lowest BCUT2D eigenvalue weighted by Crippen LogP contribution is -2.15. The van der Waals surface area contributed by atoms with Crippen LogP contribution in [0.25, 0.3) is 66.4 Å². The lowest BCUT2D eigenvalue weighted by Gasteiger charge is -2.26. The van der Waals surface area contributed by atoms with Crippen molar-refractivity contribution in [1.29, 1.82) is 0 Å². The first-order valence-corrected chi connectivity index (χ1v) is 19.5. The van der Waals surface area contributed by atoms with Crippen molar-refractivity contribution in [3.8, 4) is 55.6 Å². The molecule has 56 heavy (non-hydrogen) atoms. The van der Waals surface area contributed by atoms with Gasteiger partial charge in [0.2, 0.25) is 0 Å². The van der Waals surface area contributed by atoms with Crippen molar-refractivity contribution in [2.45, 2.75) is 19.3 Å². The maximum absolute atomic E-state index is 2.42. The average Bonchev–Trinajstić information content (AvgIpc) is 3.51. The summed E-state index contributed by atoms with van der Waals surface area (Å²) in [5.74, 6) is 0. The van der Waals surface area contributed by atoms with Crippen LogP contribution < -0.4 is 4.90 Å². The van der Waals surface area contributed by atoms with Crippen molar-refractivity contribution in [2.24, 2.45) is 0 Å². The molecule has 1 heteroatoms. The molecule has 0 saturated heterocycles. The summed E-state index contributed by atoms with van der Waals surface area (Å²) in [7, 11) is 0. The maximum Gasteiger partial charge on any atom is 0.0462 e. The van der Waals surface area contributed by atoms with Crippen LogP contribution in [0.4, 0.5) is 17.1 Å². The molecule has 0 amide bonds. The van der Waals surface area contributed by atoms with E-state index in [4.69, 9.17) is 0 Å². The third-order valence-electron chi connectivity index (χ3n) is 11.6. The Balaban J connectivity index is 1.10. The maximum atomic E-state index is 2.42. The lowest BCUT2D eigenvalue weighted by molar-refractivity contribution is 0.666. The monoisotopic (exact) mass is 715 g/mol. The fraction of sp³-hybridized carbons (Fsp3) is 0.0545. The molecule has 9 aromatic carbocycles. The molecule has 0 saturated carbocycles. The molecule has 266 valence electrons. The number of anilines is 3. The molecule has 0 aliphatic heterocycles. The normalized spacial score (nSPS) is 12.6. The van der Waals surface area contributed by atoms with Crippen molar-refractivity contribution in [2.75, 3.05) is 4.90 Å². The second kappa shape index (κ2) is 13.7. The molecule has 0 atom stereocenters. The number of hydrogen-bond donors (Lipinski definition) is 0. The van der Waals surface area contributed by atoms with Gasteiger partial charge in [0.25, 0.3) is 0 Å². The summed E-state index contributed by atoms with van der Waals surface area (Å²) in [6.45, 7) is 4.78. The minimum absolute atomic E-state index is 0.149. The van der Waals surface area contributed by atoms with Crippen molar-refractivity contribution < 1.29 is 0 Å². The Morgan fingerprint density at radius 1 is 0.339 bits per heavy atom. The van der Waals surface area contributed by atoms with E-state index in [1.165, 1.54) is 77.5 Å². The molecule has 0 heterocycles. The molecule has 0 spiro atoms. The van der Waals surface area contributed by atoms with E-state index in [1.54, 1.807) is 0 Å². The molecule has 0 radical (unpaired) electrons. The SMILES string of the molecule is CC1(C)c2ccc(-c3ccccc3)cc2-c2c(-c3ccc(N(c4ccc(-c5ccccc5)cc4)c4ccc(-c5ccccc5)cc4)cc3)cc3ccccc3c21. The smallest absolute Gasteiger partial charge is 0.0462 e. The van der Waals surface area contributed by atoms with Gasteiger partial charge in [0.1, 0.15) is 0 Å². The molecule has 1 aliphatic carbocycles. The number of fused-ring (bicyclic) bond motifs is 5. The fourth-order valence-corrected chi connectivity index (χ4v) is 8.85. The number of nitrogens with zero attached hydrogens (tertiary/aromatic N) is 1. The van der Waals surface area contributed by atoms with Crippen molar-refractivity contribution in [3.63, 3.8) is 0 Å². The van der Waals surface area contributed by atoms with E-state index in [2.05, 4.69) is 231 Å². The quantitative estimate of drug-likeness (QED) is 0.159. The summed E-state index contributed by atoms with van der Waals surface area (Å²) in [5, 5.41) is 2.60. The molecule has 1 nitrogen and oxygen atoms in total. The third kappa shape index (κ3) is 5.81. The van der Waals surface area contributed by atoms with Gasteiger partial charge in [0.05, 0.1) is 0 Å². The summed E-state index contributed by atoms with van der Waals surface area (Å²) in [5.41, 5.74) is 18.4. The lowest BCUT2D eigenvalue weighted by atomic mass is 9.79. The van der Waals surface area contributed by atoms with E-state index < -0.39 is 0 Å². The van der Waals surface area contributed by atoms with Gasteiger partial charge in [-0.15, -0.1) is 0 Å². The first-order valence-electron chi connectivity index (χ1n) is 19.5. The highest BCUT2D eigenvalue weighted by molar-refractivity contribution is 6.05. The zero-order valence-electron chi connectivity index (χ0n) is 31.7. The highest BCUT2D eigenvalue weighted by Gasteiger charge is 2.39. The van der Waals surface area contributed by atoms with Gasteiger partial charge in [-0.3, -0.25) is 0 Å². The van der Waals surface area contributed by atoms with Gasteiger partial charge < -0.3 is 4.90 Å². The summed E-state index contributed by atoms with van der Waals surface area (Å²) in [4.78, 5) is 2.36. The Kier molecular flexibility index (Phi) is 8.23. The van der Waals surface area contributed by atoms with Crippen LogP contribution >= 0.6 is 0 Å². The van der Waals surface area contributed by atoms with Crippen LogP contribution in [0.2, 0.25) is 0 Å². The minimum atomic E-state index is -0.149. The number of rotatable bonds is 7. The van der Waals surface area contributed by atoms with Crippen LogP contribution in [0.5, 0.6) is 0 Å². The summed E-state index contributed by atoms with van der Waals surface area (Å²) < 4.78 is 0. The summed E-state index contributed by atoms with van der Waals surface area (Å²) >= 11 is 0. The second-order valence-electron chi connectivity index (χ2n) is 15.4.